The van der Waals surface area contributed by atoms with Gasteiger partial charge in [0.05, 0.1) is 0 Å². The second-order valence-corrected chi connectivity index (χ2v) is 7.74. The zero-order valence-corrected chi connectivity index (χ0v) is 12.7. The first-order valence-electron chi connectivity index (χ1n) is 7.24. The quantitative estimate of drug-likeness (QED) is 0.846. The zero-order chi connectivity index (χ0) is 15.0. The molecule has 116 valence electrons. The first-order valence-corrected chi connectivity index (χ1v) is 8.68. The number of rotatable bonds is 4. The molecule has 1 aromatic carbocycles. The topological polar surface area (TPSA) is 66.6 Å². The Morgan fingerprint density at radius 3 is 2.48 bits per heavy atom. The number of nitrogens with zero attached hydrogens (tertiary/aromatic N) is 2. The van der Waals surface area contributed by atoms with E-state index in [1.807, 2.05) is 0 Å². The summed E-state index contributed by atoms with van der Waals surface area (Å²) >= 11 is 0. The van der Waals surface area contributed by atoms with Crippen molar-refractivity contribution in [1.29, 1.82) is 0 Å². The highest BCUT2D eigenvalue weighted by Crippen LogP contribution is 2.30. The molecule has 0 amide bonds. The largest absolute Gasteiger partial charge is 0.399 e. The summed E-state index contributed by atoms with van der Waals surface area (Å²) in [6, 6.07) is 3.66. The van der Waals surface area contributed by atoms with Crippen molar-refractivity contribution in [2.75, 3.05) is 38.5 Å². The van der Waals surface area contributed by atoms with Crippen LogP contribution in [0.5, 0.6) is 0 Å². The Hall–Kier alpha value is -1.18. The van der Waals surface area contributed by atoms with Crippen LogP contribution < -0.4 is 5.73 Å². The molecule has 0 atom stereocenters. The van der Waals surface area contributed by atoms with Gasteiger partial charge in [-0.05, 0) is 37.0 Å². The summed E-state index contributed by atoms with van der Waals surface area (Å²) in [6.45, 7) is 3.28. The molecule has 1 aliphatic carbocycles. The van der Waals surface area contributed by atoms with Crippen molar-refractivity contribution >= 4 is 15.7 Å². The Balaban J connectivity index is 1.72. The predicted molar refractivity (Wildman–Crippen MR) is 78.7 cm³/mol. The van der Waals surface area contributed by atoms with Crippen LogP contribution in [-0.4, -0.2) is 50.3 Å². The average Bonchev–Trinajstić information content (AvgIpc) is 3.26. The maximum Gasteiger partial charge on any atom is 0.246 e. The molecule has 5 nitrogen and oxygen atoms in total. The lowest BCUT2D eigenvalue weighted by atomic mass is 10.3. The molecule has 2 N–H and O–H groups in total. The monoisotopic (exact) mass is 313 g/mol. The van der Waals surface area contributed by atoms with Gasteiger partial charge in [-0.25, -0.2) is 12.8 Å². The summed E-state index contributed by atoms with van der Waals surface area (Å²) in [5.41, 5.74) is 5.83. The first kappa shape index (κ1) is 14.7. The van der Waals surface area contributed by atoms with Gasteiger partial charge in [-0.1, -0.05) is 0 Å². The van der Waals surface area contributed by atoms with Gasteiger partial charge < -0.3 is 10.6 Å². The summed E-state index contributed by atoms with van der Waals surface area (Å²) in [7, 11) is -3.80. The molecule has 3 rings (SSSR count). The lowest BCUT2D eigenvalue weighted by Gasteiger charge is -2.34. The van der Waals surface area contributed by atoms with E-state index in [1.54, 1.807) is 0 Å². The van der Waals surface area contributed by atoms with Gasteiger partial charge in [0, 0.05) is 38.4 Å². The van der Waals surface area contributed by atoms with Crippen LogP contribution in [0, 0.1) is 11.7 Å². The van der Waals surface area contributed by atoms with Crippen LogP contribution in [0.1, 0.15) is 12.8 Å². The molecule has 2 fully saturated rings. The van der Waals surface area contributed by atoms with Crippen LogP contribution in [-0.2, 0) is 10.0 Å². The number of hydrogen-bond acceptors (Lipinski definition) is 4. The number of benzene rings is 1. The van der Waals surface area contributed by atoms with Crippen molar-refractivity contribution in [2.24, 2.45) is 5.92 Å². The smallest absolute Gasteiger partial charge is 0.246 e. The van der Waals surface area contributed by atoms with Crippen molar-refractivity contribution in [1.82, 2.24) is 9.21 Å². The van der Waals surface area contributed by atoms with E-state index in [4.69, 9.17) is 5.73 Å². The number of piperazine rings is 1. The van der Waals surface area contributed by atoms with E-state index >= 15 is 0 Å². The summed E-state index contributed by atoms with van der Waals surface area (Å²) in [5.74, 6) is 0.0455. The molecule has 0 unspecified atom stereocenters. The minimum atomic E-state index is -3.80. The molecule has 0 radical (unpaired) electrons. The summed E-state index contributed by atoms with van der Waals surface area (Å²) < 4.78 is 40.2. The van der Waals surface area contributed by atoms with E-state index in [-0.39, 0.29) is 10.6 Å². The molecule has 1 saturated carbocycles. The average molecular weight is 313 g/mol. The van der Waals surface area contributed by atoms with Gasteiger partial charge in [0.15, 0.2) is 0 Å². The Labute approximate surface area is 124 Å². The third kappa shape index (κ3) is 3.20. The molecule has 7 heteroatoms. The fourth-order valence-electron chi connectivity index (χ4n) is 2.67. The third-order valence-corrected chi connectivity index (χ3v) is 6.03. The van der Waals surface area contributed by atoms with Crippen molar-refractivity contribution in [2.45, 2.75) is 17.7 Å². The molecule has 0 aromatic heterocycles. The van der Waals surface area contributed by atoms with Gasteiger partial charge in [-0.3, -0.25) is 0 Å². The van der Waals surface area contributed by atoms with Gasteiger partial charge in [0.25, 0.3) is 0 Å². The Bertz CT molecular complexity index is 623. The van der Waals surface area contributed by atoms with E-state index in [0.717, 1.165) is 18.5 Å². The second kappa shape index (κ2) is 5.55. The van der Waals surface area contributed by atoms with Crippen molar-refractivity contribution in [3.05, 3.63) is 24.0 Å². The molecule has 1 heterocycles. The predicted octanol–water partition coefficient (Wildman–Crippen LogP) is 1.12. The van der Waals surface area contributed by atoms with Crippen molar-refractivity contribution in [3.63, 3.8) is 0 Å². The number of hydrogen-bond donors (Lipinski definition) is 1. The first-order chi connectivity index (χ1) is 9.96. The molecule has 1 saturated heterocycles. The molecular weight excluding hydrogens is 293 g/mol. The summed E-state index contributed by atoms with van der Waals surface area (Å²) in [6.07, 6.45) is 2.57. The molecule has 21 heavy (non-hydrogen) atoms. The highest BCUT2D eigenvalue weighted by atomic mass is 32.2. The van der Waals surface area contributed by atoms with E-state index in [1.165, 1.54) is 29.3 Å². The molecule has 0 spiro atoms. The molecule has 1 aromatic rings. The Morgan fingerprint density at radius 2 is 1.86 bits per heavy atom. The highest BCUT2D eigenvalue weighted by Gasteiger charge is 2.32. The minimum absolute atomic E-state index is 0.252. The van der Waals surface area contributed by atoms with Crippen molar-refractivity contribution < 1.29 is 12.8 Å². The number of halogens is 1. The SMILES string of the molecule is Nc1ccc(F)c(S(=O)(=O)N2CCN(CC3CC3)CC2)c1. The standard InChI is InChI=1S/C14H20FN3O2S/c15-13-4-3-12(16)9-14(13)21(19,20)18-7-5-17(6-8-18)10-11-1-2-11/h3-4,9,11H,1-2,5-8,10,16H2. The summed E-state index contributed by atoms with van der Waals surface area (Å²) in [4.78, 5) is 1.97. The van der Waals surface area contributed by atoms with Gasteiger partial charge >= 0.3 is 0 Å². The number of nitrogen functional groups attached to an aromatic ring is 1. The van der Waals surface area contributed by atoms with Gasteiger partial charge in [-0.15, -0.1) is 0 Å². The van der Waals surface area contributed by atoms with E-state index in [2.05, 4.69) is 4.90 Å². The maximum absolute atomic E-state index is 13.8. The number of nitrogens with two attached hydrogens (primary N) is 1. The lowest BCUT2D eigenvalue weighted by Crippen LogP contribution is -2.49. The Kier molecular flexibility index (Phi) is 3.90. The molecule has 1 aliphatic heterocycles. The highest BCUT2D eigenvalue weighted by molar-refractivity contribution is 7.89. The normalized spacial score (nSPS) is 21.6. The van der Waals surface area contributed by atoms with Crippen LogP contribution in [0.2, 0.25) is 0 Å². The fraction of sp³-hybridized carbons (Fsp3) is 0.571. The van der Waals surface area contributed by atoms with Gasteiger partial charge in [-0.2, -0.15) is 4.31 Å². The fourth-order valence-corrected chi connectivity index (χ4v) is 4.20. The van der Waals surface area contributed by atoms with E-state index < -0.39 is 15.8 Å². The number of sulfonamides is 1. The van der Waals surface area contributed by atoms with Crippen LogP contribution in [0.25, 0.3) is 0 Å². The third-order valence-electron chi connectivity index (χ3n) is 4.12. The van der Waals surface area contributed by atoms with Gasteiger partial charge in [0.1, 0.15) is 10.7 Å². The van der Waals surface area contributed by atoms with Crippen LogP contribution in [0.4, 0.5) is 10.1 Å². The van der Waals surface area contributed by atoms with E-state index in [0.29, 0.717) is 26.2 Å². The molecule has 2 aliphatic rings. The zero-order valence-electron chi connectivity index (χ0n) is 11.8. The maximum atomic E-state index is 13.8. The molecule has 0 bridgehead atoms. The molecular formula is C14H20FN3O2S. The van der Waals surface area contributed by atoms with Crippen molar-refractivity contribution in [3.8, 4) is 0 Å². The minimum Gasteiger partial charge on any atom is -0.399 e. The van der Waals surface area contributed by atoms with Crippen LogP contribution >= 0.6 is 0 Å². The van der Waals surface area contributed by atoms with Gasteiger partial charge in [0.2, 0.25) is 10.0 Å². The Morgan fingerprint density at radius 1 is 1.19 bits per heavy atom. The van der Waals surface area contributed by atoms with Crippen LogP contribution in [0.15, 0.2) is 23.1 Å². The van der Waals surface area contributed by atoms with Crippen LogP contribution in [0.3, 0.4) is 0 Å². The second-order valence-electron chi connectivity index (χ2n) is 5.84. The lowest BCUT2D eigenvalue weighted by molar-refractivity contribution is 0.182. The number of anilines is 1. The summed E-state index contributed by atoms with van der Waals surface area (Å²) in [5, 5.41) is 0. The van der Waals surface area contributed by atoms with E-state index in [9.17, 15) is 12.8 Å².